The molecule has 3 rings (SSSR count). The second kappa shape index (κ2) is 6.76. The minimum Gasteiger partial charge on any atom is -0.465 e. The Kier molecular flexibility index (Phi) is 4.83. The predicted molar refractivity (Wildman–Crippen MR) is 92.8 cm³/mol. The number of anilines is 1. The van der Waals surface area contributed by atoms with Crippen LogP contribution in [-0.2, 0) is 0 Å². The topological polar surface area (TPSA) is 91.2 Å². The zero-order chi connectivity index (χ0) is 18.2. The van der Waals surface area contributed by atoms with E-state index in [1.807, 2.05) is 0 Å². The predicted octanol–water partition coefficient (Wildman–Crippen LogP) is 3.81. The Balaban J connectivity index is 1.95. The van der Waals surface area contributed by atoms with Gasteiger partial charge in [-0.05, 0) is 24.4 Å². The molecule has 7 nitrogen and oxygen atoms in total. The molecule has 1 fully saturated rings. The smallest absolute Gasteiger partial charge is 0.407 e. The van der Waals surface area contributed by atoms with Crippen LogP contribution in [0.1, 0.15) is 25.7 Å². The average molecular weight is 388 g/mol. The Morgan fingerprint density at radius 3 is 2.72 bits per heavy atom. The molecule has 2 aromatic rings. The van der Waals surface area contributed by atoms with Crippen molar-refractivity contribution in [2.24, 2.45) is 0 Å². The Hall–Kier alpha value is -1.93. The lowest BCUT2D eigenvalue weighted by atomic mass is 9.95. The van der Waals surface area contributed by atoms with E-state index in [1.54, 1.807) is 7.05 Å². The van der Waals surface area contributed by atoms with Crippen molar-refractivity contribution in [3.05, 3.63) is 22.5 Å². The second-order valence-electron chi connectivity index (χ2n) is 6.09. The van der Waals surface area contributed by atoms with Crippen LogP contribution in [0, 0.1) is 5.82 Å². The largest absolute Gasteiger partial charge is 0.465 e. The zero-order valence-electron chi connectivity index (χ0n) is 13.4. The maximum absolute atomic E-state index is 14.2. The van der Waals surface area contributed by atoms with E-state index >= 15 is 0 Å². The summed E-state index contributed by atoms with van der Waals surface area (Å²) in [4.78, 5) is 24.5. The van der Waals surface area contributed by atoms with Crippen LogP contribution in [-0.4, -0.2) is 50.2 Å². The fourth-order valence-electron chi connectivity index (χ4n) is 3.26. The molecule has 2 aromatic heterocycles. The molecule has 0 aliphatic heterocycles. The summed E-state index contributed by atoms with van der Waals surface area (Å²) in [7, 11) is 1.56. The standard InChI is InChI=1S/C15H16Cl2FN5O2/c1-23(14(24)25)15(4-2-3-5-15)7-20-12-8-6-19-11(16)9(18)10(8)21-13(17)22-12/h6H,2-5,7H2,1H3,(H,24,25)(H,20,21,22). The number of carboxylic acid groups (broad SMARTS) is 1. The van der Waals surface area contributed by atoms with Gasteiger partial charge in [0.15, 0.2) is 11.0 Å². The molecule has 134 valence electrons. The summed E-state index contributed by atoms with van der Waals surface area (Å²) in [6.45, 7) is 0.322. The maximum atomic E-state index is 14.2. The molecule has 10 heteroatoms. The molecule has 0 atom stereocenters. The molecule has 0 unspecified atom stereocenters. The lowest BCUT2D eigenvalue weighted by Crippen LogP contribution is -2.51. The summed E-state index contributed by atoms with van der Waals surface area (Å²) in [6, 6.07) is 0. The number of likely N-dealkylation sites (N-methyl/N-ethyl adjacent to an activating group) is 1. The summed E-state index contributed by atoms with van der Waals surface area (Å²) in [5.74, 6) is -0.479. The van der Waals surface area contributed by atoms with E-state index in [1.165, 1.54) is 11.1 Å². The Labute approximate surface area is 153 Å². The highest BCUT2D eigenvalue weighted by molar-refractivity contribution is 6.30. The summed E-state index contributed by atoms with van der Waals surface area (Å²) >= 11 is 11.6. The van der Waals surface area contributed by atoms with Gasteiger partial charge in [-0.3, -0.25) is 0 Å². The summed E-state index contributed by atoms with van der Waals surface area (Å²) < 4.78 is 14.2. The van der Waals surface area contributed by atoms with Crippen LogP contribution in [0.5, 0.6) is 0 Å². The number of hydrogen-bond acceptors (Lipinski definition) is 5. The van der Waals surface area contributed by atoms with Gasteiger partial charge >= 0.3 is 6.09 Å². The second-order valence-corrected chi connectivity index (χ2v) is 6.79. The maximum Gasteiger partial charge on any atom is 0.407 e. The molecule has 1 aliphatic carbocycles. The van der Waals surface area contributed by atoms with Crippen LogP contribution < -0.4 is 5.32 Å². The average Bonchev–Trinajstić information content (AvgIpc) is 3.05. The number of fused-ring (bicyclic) bond motifs is 1. The van der Waals surface area contributed by atoms with Crippen LogP contribution in [0.15, 0.2) is 6.20 Å². The van der Waals surface area contributed by atoms with Crippen LogP contribution >= 0.6 is 23.2 Å². The number of hydrogen-bond donors (Lipinski definition) is 2. The van der Waals surface area contributed by atoms with Crippen LogP contribution in [0.2, 0.25) is 10.4 Å². The monoisotopic (exact) mass is 387 g/mol. The van der Waals surface area contributed by atoms with E-state index < -0.39 is 17.4 Å². The highest BCUT2D eigenvalue weighted by atomic mass is 35.5. The summed E-state index contributed by atoms with van der Waals surface area (Å²) in [5.41, 5.74) is -0.580. The molecule has 0 saturated heterocycles. The summed E-state index contributed by atoms with van der Waals surface area (Å²) in [5, 5.41) is 12.4. The first kappa shape index (κ1) is 17.9. The third-order valence-electron chi connectivity index (χ3n) is 4.73. The van der Waals surface area contributed by atoms with Crippen molar-refractivity contribution in [3.63, 3.8) is 0 Å². The van der Waals surface area contributed by atoms with Crippen molar-refractivity contribution in [1.82, 2.24) is 19.9 Å². The van der Waals surface area contributed by atoms with Gasteiger partial charge in [0, 0.05) is 19.8 Å². The third kappa shape index (κ3) is 3.28. The molecule has 0 aromatic carbocycles. The molecule has 1 amide bonds. The third-order valence-corrected chi connectivity index (χ3v) is 5.16. The quantitative estimate of drug-likeness (QED) is 0.612. The van der Waals surface area contributed by atoms with Crippen LogP contribution in [0.4, 0.5) is 15.0 Å². The molecule has 1 aliphatic rings. The van der Waals surface area contributed by atoms with Gasteiger partial charge in [0.1, 0.15) is 11.3 Å². The van der Waals surface area contributed by atoms with Gasteiger partial charge in [-0.15, -0.1) is 0 Å². The Bertz CT molecular complexity index is 829. The first-order valence-corrected chi connectivity index (χ1v) is 8.47. The Morgan fingerprint density at radius 1 is 1.40 bits per heavy atom. The van der Waals surface area contributed by atoms with Gasteiger partial charge < -0.3 is 15.3 Å². The van der Waals surface area contributed by atoms with Crippen LogP contribution in [0.3, 0.4) is 0 Å². The summed E-state index contributed by atoms with van der Waals surface area (Å²) in [6.07, 6.45) is 3.72. The number of halogens is 3. The molecule has 2 N–H and O–H groups in total. The lowest BCUT2D eigenvalue weighted by molar-refractivity contribution is 0.102. The first-order chi connectivity index (χ1) is 11.8. The van der Waals surface area contributed by atoms with E-state index in [4.69, 9.17) is 23.2 Å². The molecule has 25 heavy (non-hydrogen) atoms. The van der Waals surface area contributed by atoms with Gasteiger partial charge in [-0.2, -0.15) is 0 Å². The number of nitrogens with zero attached hydrogens (tertiary/aromatic N) is 4. The number of aromatic nitrogens is 3. The normalized spacial score (nSPS) is 16.2. The van der Waals surface area contributed by atoms with Crippen LogP contribution in [0.25, 0.3) is 10.9 Å². The van der Waals surface area contributed by atoms with Crippen molar-refractivity contribution in [1.29, 1.82) is 0 Å². The van der Waals surface area contributed by atoms with Crippen molar-refractivity contribution >= 4 is 46.0 Å². The Morgan fingerprint density at radius 2 is 2.08 bits per heavy atom. The minimum absolute atomic E-state index is 0.0328. The SMILES string of the molecule is CN(C(=O)O)C1(CNc2nc(Cl)nc3c(F)c(Cl)ncc23)CCCC1. The molecule has 0 radical (unpaired) electrons. The van der Waals surface area contributed by atoms with Crippen molar-refractivity contribution < 1.29 is 14.3 Å². The fourth-order valence-corrected chi connectivity index (χ4v) is 3.56. The lowest BCUT2D eigenvalue weighted by Gasteiger charge is -2.37. The van der Waals surface area contributed by atoms with Gasteiger partial charge in [0.25, 0.3) is 0 Å². The van der Waals surface area contributed by atoms with Crippen molar-refractivity contribution in [3.8, 4) is 0 Å². The first-order valence-electron chi connectivity index (χ1n) is 7.72. The van der Waals surface area contributed by atoms with Crippen molar-refractivity contribution in [2.45, 2.75) is 31.2 Å². The number of pyridine rings is 1. The molecular weight excluding hydrogens is 372 g/mol. The fraction of sp³-hybridized carbons (Fsp3) is 0.467. The van der Waals surface area contributed by atoms with Crippen molar-refractivity contribution in [2.75, 3.05) is 18.9 Å². The van der Waals surface area contributed by atoms with E-state index in [-0.39, 0.29) is 16.0 Å². The number of carbonyl (C=O) groups is 1. The van der Waals surface area contributed by atoms with Gasteiger partial charge in [-0.1, -0.05) is 24.4 Å². The minimum atomic E-state index is -0.992. The highest BCUT2D eigenvalue weighted by Crippen LogP contribution is 2.35. The molecule has 0 bridgehead atoms. The number of nitrogens with one attached hydrogen (secondary N) is 1. The highest BCUT2D eigenvalue weighted by Gasteiger charge is 2.40. The van der Waals surface area contributed by atoms with E-state index in [0.29, 0.717) is 17.7 Å². The van der Waals surface area contributed by atoms with E-state index in [2.05, 4.69) is 20.3 Å². The zero-order valence-corrected chi connectivity index (χ0v) is 14.9. The van der Waals surface area contributed by atoms with Gasteiger partial charge in [-0.25, -0.2) is 24.1 Å². The molecule has 2 heterocycles. The number of rotatable bonds is 4. The van der Waals surface area contributed by atoms with Gasteiger partial charge in [0.05, 0.1) is 10.9 Å². The van der Waals surface area contributed by atoms with Gasteiger partial charge in [0.2, 0.25) is 5.28 Å². The molecule has 0 spiro atoms. The van der Waals surface area contributed by atoms with E-state index in [0.717, 1.165) is 25.7 Å². The molecule has 1 saturated carbocycles. The molecular formula is C15H16Cl2FN5O2. The van der Waals surface area contributed by atoms with E-state index in [9.17, 15) is 14.3 Å². The number of amides is 1.